The molecule has 41 heteroatoms. The van der Waals surface area contributed by atoms with Gasteiger partial charge in [0.05, 0.1) is 81.6 Å². The van der Waals surface area contributed by atoms with Gasteiger partial charge in [-0.15, -0.1) is 24.8 Å². The number of methoxy groups -OCH3 is 2. The largest absolute Gasteiger partial charge is 1.00 e. The number of benzene rings is 4. The molecule has 0 amide bonds. The average molecular weight is 1150 g/mol. The van der Waals surface area contributed by atoms with Crippen molar-refractivity contribution >= 4 is 114 Å². The maximum atomic E-state index is 13.0. The molecule has 352 valence electrons. The maximum absolute atomic E-state index is 13.0. The van der Waals surface area contributed by atoms with Crippen molar-refractivity contribution < 1.29 is 256 Å². The van der Waals surface area contributed by atoms with Crippen LogP contribution in [0.3, 0.4) is 0 Å². The molecule has 0 saturated carbocycles. The second-order valence-electron chi connectivity index (χ2n) is 11.5. The Hall–Kier alpha value is 0.550. The SMILES string of the molecule is COc1cc(S(=O)(=O)CCOS(=O)(=O)[O-])c(OC)cc1N=Nc1cc(S(=O)(=O)[O-])c2cc(SOO[O-])c(N=Nc3ccc(S(=O)(=O)CCOSOO[O-])cc3S(=O)(=O)[O-])c(O)c2c1N.[Na+].[Na+].[Na+].[Na+].[Na+]. The first-order valence-electron chi connectivity index (χ1n) is 16.0. The van der Waals surface area contributed by atoms with Crippen molar-refractivity contribution in [2.75, 3.05) is 44.7 Å². The van der Waals surface area contributed by atoms with Crippen LogP contribution >= 0.6 is 24.4 Å². The van der Waals surface area contributed by atoms with Gasteiger partial charge in [0.2, 0.25) is 10.4 Å². The van der Waals surface area contributed by atoms with Crippen molar-refractivity contribution in [2.45, 2.75) is 24.5 Å². The number of azo groups is 2. The van der Waals surface area contributed by atoms with Gasteiger partial charge in [0, 0.05) is 17.5 Å². The first kappa shape index (κ1) is 71.6. The number of nitrogen functional groups attached to an aromatic ring is 1. The van der Waals surface area contributed by atoms with Gasteiger partial charge in [0.15, 0.2) is 37.7 Å². The van der Waals surface area contributed by atoms with E-state index in [0.717, 1.165) is 38.5 Å². The number of hydrogen-bond donors (Lipinski definition) is 2. The Labute approximate surface area is 511 Å². The molecule has 0 unspecified atom stereocenters. The molecule has 0 heterocycles. The van der Waals surface area contributed by atoms with E-state index in [1.54, 1.807) is 0 Å². The van der Waals surface area contributed by atoms with Gasteiger partial charge in [-0.3, -0.25) is 18.4 Å². The van der Waals surface area contributed by atoms with Crippen LogP contribution in [0.25, 0.3) is 10.8 Å². The zero-order valence-electron chi connectivity index (χ0n) is 36.4. The van der Waals surface area contributed by atoms with Crippen molar-refractivity contribution in [1.29, 1.82) is 0 Å². The second-order valence-corrected chi connectivity index (χ2v) is 20.7. The molecule has 0 atom stereocenters. The molecular formula is C28H24N5Na5O24S7. The van der Waals surface area contributed by atoms with Gasteiger partial charge in [0.25, 0.3) is 0 Å². The molecule has 0 aliphatic heterocycles. The number of hydrogen-bond acceptors (Lipinski definition) is 31. The standard InChI is InChI=1S/C28H29N5O24S7.5Na/c1-50-19-13-24(61(39,40)8-6-53-64(47,48)49)20(51-2)11-17(19)31-32-18-12-22(62(41,42)43)15-10-21(58-56-54-35)27(28(34)25(15)26(18)29)33-30-16-4-3-14(9-23(16)63(44,45)46)60(37,38)7-5-52-59-57-55-36;;;;;/h3-4,9-13,34-36H,5-8,29H2,1-2H3,(H,41,42,43)(H,44,45,46)(H,47,48,49);;;;;/q;5*+1/p-5. The summed E-state index contributed by atoms with van der Waals surface area (Å²) < 4.78 is 185. The van der Waals surface area contributed by atoms with E-state index in [-0.39, 0.29) is 184 Å². The second kappa shape index (κ2) is 30.9. The number of phenolic OH excluding ortho intramolecular Hbond substituents is 1. The summed E-state index contributed by atoms with van der Waals surface area (Å²) in [5.41, 5.74) is 2.91. The third kappa shape index (κ3) is 19.9. The summed E-state index contributed by atoms with van der Waals surface area (Å²) in [5, 5.41) is 52.1. The van der Waals surface area contributed by atoms with E-state index in [9.17, 15) is 71.4 Å². The normalized spacial score (nSPS) is 12.1. The van der Waals surface area contributed by atoms with Gasteiger partial charge in [0.1, 0.15) is 59.4 Å². The number of nitrogens with zero attached hydrogens (tertiary/aromatic N) is 4. The van der Waals surface area contributed by atoms with Crippen molar-refractivity contribution in [1.82, 2.24) is 0 Å². The number of ether oxygens (including phenoxy) is 2. The van der Waals surface area contributed by atoms with Crippen LogP contribution in [0.2, 0.25) is 0 Å². The van der Waals surface area contributed by atoms with Gasteiger partial charge in [-0.1, -0.05) is 0 Å². The number of fused-ring (bicyclic) bond motifs is 1. The van der Waals surface area contributed by atoms with E-state index in [0.29, 0.717) is 18.2 Å². The summed E-state index contributed by atoms with van der Waals surface area (Å²) >= 11 is -0.0768. The fraction of sp³-hybridized carbons (Fsp3) is 0.214. The Bertz CT molecular complexity index is 3070. The smallest absolute Gasteiger partial charge is 0.744 e. The molecule has 0 fully saturated rings. The predicted octanol–water partition coefficient (Wildman–Crippen LogP) is -14.1. The molecule has 3 N–H and O–H groups in total. The summed E-state index contributed by atoms with van der Waals surface area (Å²) in [5.74, 6) is -3.84. The van der Waals surface area contributed by atoms with E-state index in [1.165, 1.54) is 0 Å². The van der Waals surface area contributed by atoms with E-state index < -0.39 is 145 Å². The van der Waals surface area contributed by atoms with E-state index >= 15 is 0 Å². The van der Waals surface area contributed by atoms with Gasteiger partial charge in [-0.05, 0) is 30.3 Å². The number of aromatic hydroxyl groups is 1. The minimum absolute atomic E-state index is 0. The van der Waals surface area contributed by atoms with Crippen LogP contribution in [0.4, 0.5) is 28.4 Å². The van der Waals surface area contributed by atoms with Crippen LogP contribution in [0.5, 0.6) is 17.2 Å². The first-order chi connectivity index (χ1) is 29.8. The zero-order valence-corrected chi connectivity index (χ0v) is 52.1. The molecule has 4 aromatic rings. The summed E-state index contributed by atoms with van der Waals surface area (Å²) in [4.78, 5) is -4.33. The topological polar surface area (TPSA) is 456 Å². The molecule has 0 aromatic heterocycles. The fourth-order valence-corrected chi connectivity index (χ4v) is 10.0. The van der Waals surface area contributed by atoms with Crippen LogP contribution in [-0.4, -0.2) is 99.8 Å². The van der Waals surface area contributed by atoms with Crippen LogP contribution in [-0.2, 0) is 77.4 Å². The van der Waals surface area contributed by atoms with Gasteiger partial charge in [-0.2, -0.15) is 4.33 Å². The van der Waals surface area contributed by atoms with Crippen molar-refractivity contribution in [3.8, 4) is 17.2 Å². The number of rotatable bonds is 23. The molecule has 0 saturated heterocycles. The van der Waals surface area contributed by atoms with Crippen molar-refractivity contribution in [2.24, 2.45) is 20.5 Å². The molecule has 4 aromatic carbocycles. The molecule has 69 heavy (non-hydrogen) atoms. The van der Waals surface area contributed by atoms with Gasteiger partial charge in [-0.25, -0.2) is 42.1 Å². The zero-order chi connectivity index (χ0) is 47.8. The van der Waals surface area contributed by atoms with E-state index in [2.05, 4.69) is 47.6 Å². The maximum Gasteiger partial charge on any atom is 1.00 e. The molecule has 0 spiro atoms. The Kier molecular flexibility index (Phi) is 32.1. The molecule has 0 aliphatic rings. The minimum atomic E-state index is -5.57. The third-order valence-electron chi connectivity index (χ3n) is 7.74. The van der Waals surface area contributed by atoms with Gasteiger partial charge >= 0.3 is 148 Å². The number of anilines is 1. The molecule has 0 aliphatic carbocycles. The monoisotopic (exact) mass is 1150 g/mol. The summed E-state index contributed by atoms with van der Waals surface area (Å²) in [6, 6.07) is 5.09. The van der Waals surface area contributed by atoms with Crippen LogP contribution in [0, 0.1) is 0 Å². The molecular weight excluding hydrogens is 1130 g/mol. The molecule has 29 nitrogen and oxygen atoms in total. The van der Waals surface area contributed by atoms with Gasteiger partial charge < -0.3 is 44.5 Å². The molecule has 4 rings (SSSR count). The average Bonchev–Trinajstić information content (AvgIpc) is 3.20. The molecule has 0 bridgehead atoms. The summed E-state index contributed by atoms with van der Waals surface area (Å²) in [7, 11) is -23.1. The quantitative estimate of drug-likeness (QED) is 0.00801. The van der Waals surface area contributed by atoms with Crippen LogP contribution < -0.4 is 174 Å². The predicted molar refractivity (Wildman–Crippen MR) is 204 cm³/mol. The van der Waals surface area contributed by atoms with E-state index in [1.807, 2.05) is 0 Å². The Morgan fingerprint density at radius 1 is 0.638 bits per heavy atom. The van der Waals surface area contributed by atoms with E-state index in [4.69, 9.17) is 15.2 Å². The molecule has 0 radical (unpaired) electrons. The number of nitrogens with two attached hydrogens (primary N) is 1. The number of sulfone groups is 2. The minimum Gasteiger partial charge on any atom is -0.744 e. The fourth-order valence-electron chi connectivity index (χ4n) is 5.05. The van der Waals surface area contributed by atoms with Crippen molar-refractivity contribution in [3.05, 3.63) is 42.5 Å². The number of phenols is 1. The third-order valence-corrected chi connectivity index (χ3v) is 14.3. The van der Waals surface area contributed by atoms with Crippen LogP contribution in [0.1, 0.15) is 0 Å². The van der Waals surface area contributed by atoms with Crippen LogP contribution in [0.15, 0.2) is 87.4 Å². The Morgan fingerprint density at radius 2 is 1.20 bits per heavy atom. The Morgan fingerprint density at radius 3 is 1.75 bits per heavy atom. The van der Waals surface area contributed by atoms with Crippen molar-refractivity contribution in [3.63, 3.8) is 0 Å². The first-order valence-corrected chi connectivity index (χ1v) is 24.9. The Balaban J connectivity index is 0. The summed E-state index contributed by atoms with van der Waals surface area (Å²) in [6.45, 7) is -1.69. The summed E-state index contributed by atoms with van der Waals surface area (Å²) in [6.07, 6.45) is 0.